The summed E-state index contributed by atoms with van der Waals surface area (Å²) in [5.74, 6) is -0.200. The number of guanidine groups is 1. The summed E-state index contributed by atoms with van der Waals surface area (Å²) in [6, 6.07) is -0.319. The highest BCUT2D eigenvalue weighted by atomic mass is 35.6. The van der Waals surface area contributed by atoms with Crippen LogP contribution in [0.5, 0.6) is 0 Å². The molecule has 0 spiro atoms. The summed E-state index contributed by atoms with van der Waals surface area (Å²) in [7, 11) is 0. The molecule has 4 N–H and O–H groups in total. The largest absolute Gasteiger partial charge is 0.434 e. The first kappa shape index (κ1) is 16.5. The van der Waals surface area contributed by atoms with Crippen LogP contribution >= 0.6 is 69.6 Å². The van der Waals surface area contributed by atoms with E-state index in [9.17, 15) is 5.11 Å². The predicted octanol–water partition coefficient (Wildman–Crippen LogP) is 1.66. The molecule has 1 heterocycles. The molecular weight excluding hydrogens is 373 g/mol. The summed E-state index contributed by atoms with van der Waals surface area (Å²) in [4.78, 5) is 7.34. The number of nitrogens with two attached hydrogens (primary N) is 1. The average Bonchev–Trinajstić information content (AvgIpc) is 2.13. The van der Waals surface area contributed by atoms with E-state index in [0.29, 0.717) is 0 Å². The molecule has 0 saturated heterocycles. The Balaban J connectivity index is 2.84. The smallest absolute Gasteiger partial charge is 0.292 e. The summed E-state index contributed by atoms with van der Waals surface area (Å²) >= 11 is 33.1. The van der Waals surface area contributed by atoms with Crippen molar-refractivity contribution in [2.24, 2.45) is 15.7 Å². The van der Waals surface area contributed by atoms with Gasteiger partial charge in [0.15, 0.2) is 6.23 Å². The highest BCUT2D eigenvalue weighted by molar-refractivity contribution is 6.68. The number of aliphatic imine (C=N–C) groups is 2. The van der Waals surface area contributed by atoms with Crippen LogP contribution in [0.15, 0.2) is 9.98 Å². The fourth-order valence-corrected chi connectivity index (χ4v) is 1.27. The maximum Gasteiger partial charge on any atom is 0.292 e. The Morgan fingerprint density at radius 1 is 1.28 bits per heavy atom. The van der Waals surface area contributed by atoms with Crippen molar-refractivity contribution >= 4 is 81.6 Å². The van der Waals surface area contributed by atoms with Crippen LogP contribution in [0.3, 0.4) is 0 Å². The first-order valence-electron chi connectivity index (χ1n) is 4.17. The number of hydrogen-bond acceptors (Lipinski definition) is 6. The minimum atomic E-state index is -2.00. The maximum atomic E-state index is 9.48. The molecule has 0 unspecified atom stereocenters. The van der Waals surface area contributed by atoms with Crippen LogP contribution in [0, 0.1) is 0 Å². The number of aliphatic hydroxyl groups is 1. The Hall–Kier alpha value is 0.440. The molecule has 6 nitrogen and oxygen atoms in total. The summed E-state index contributed by atoms with van der Waals surface area (Å²) in [5.41, 5.74) is 5.35. The summed E-state index contributed by atoms with van der Waals surface area (Å²) in [6.45, 7) is 0. The molecule has 0 amide bonds. The Bertz CT molecular complexity index is 375. The highest BCUT2D eigenvalue weighted by Gasteiger charge is 2.38. The van der Waals surface area contributed by atoms with E-state index >= 15 is 0 Å². The molecule has 104 valence electrons. The average molecular weight is 379 g/mol. The van der Waals surface area contributed by atoms with Crippen LogP contribution in [0.2, 0.25) is 0 Å². The third-order valence-electron chi connectivity index (χ3n) is 1.54. The molecule has 1 rings (SSSR count). The van der Waals surface area contributed by atoms with Gasteiger partial charge in [-0.15, -0.1) is 0 Å². The number of alkyl halides is 6. The lowest BCUT2D eigenvalue weighted by Gasteiger charge is -2.26. The Morgan fingerprint density at radius 2 is 1.83 bits per heavy atom. The Kier molecular flexibility index (Phi) is 5.34. The van der Waals surface area contributed by atoms with Crippen LogP contribution in [0.25, 0.3) is 0 Å². The van der Waals surface area contributed by atoms with E-state index in [-0.39, 0.29) is 12.0 Å². The van der Waals surface area contributed by atoms with Crippen LogP contribution in [0.1, 0.15) is 0 Å². The molecule has 0 saturated carbocycles. The van der Waals surface area contributed by atoms with Gasteiger partial charge in [-0.05, 0) is 0 Å². The van der Waals surface area contributed by atoms with Crippen molar-refractivity contribution in [2.75, 3.05) is 0 Å². The number of nitrogens with one attached hydrogen (secondary N) is 1. The van der Waals surface area contributed by atoms with Crippen molar-refractivity contribution in [1.82, 2.24) is 5.32 Å². The zero-order chi connectivity index (χ0) is 14.1. The third kappa shape index (κ3) is 4.85. The number of halogens is 6. The standard InChI is InChI=1S/C6H6Cl6N4O2/c7-5(8,9)1(17)14-4-15-2(6(10,11)12)18-3(13)16-4/h1-2,17H,(H3,13,14,15,16)/t1-,2-/m1/s1. The number of hydrogen-bond donors (Lipinski definition) is 3. The molecule has 1 aliphatic heterocycles. The van der Waals surface area contributed by atoms with Gasteiger partial charge in [-0.25, -0.2) is 4.99 Å². The van der Waals surface area contributed by atoms with Crippen LogP contribution in [-0.2, 0) is 4.74 Å². The Morgan fingerprint density at radius 3 is 2.28 bits per heavy atom. The molecule has 12 heteroatoms. The van der Waals surface area contributed by atoms with E-state index in [0.717, 1.165) is 0 Å². The lowest BCUT2D eigenvalue weighted by Crippen LogP contribution is -2.47. The highest BCUT2D eigenvalue weighted by Crippen LogP contribution is 2.34. The monoisotopic (exact) mass is 376 g/mol. The zero-order valence-electron chi connectivity index (χ0n) is 8.25. The van der Waals surface area contributed by atoms with E-state index in [4.69, 9.17) is 80.1 Å². The molecule has 0 fully saturated rings. The minimum absolute atomic E-state index is 0.200. The second kappa shape index (κ2) is 5.83. The number of nitrogens with zero attached hydrogens (tertiary/aromatic N) is 2. The van der Waals surface area contributed by atoms with E-state index in [2.05, 4.69) is 15.3 Å². The SMILES string of the molecule is NC1=NC(N[C@H](O)C(Cl)(Cl)Cl)=N[C@@H](C(Cl)(Cl)Cl)O1. The van der Waals surface area contributed by atoms with Crippen molar-refractivity contribution in [3.8, 4) is 0 Å². The minimum Gasteiger partial charge on any atom is -0.434 e. The molecule has 18 heavy (non-hydrogen) atoms. The second-order valence-corrected chi connectivity index (χ2v) is 7.74. The number of ether oxygens (including phenoxy) is 1. The van der Waals surface area contributed by atoms with Crippen molar-refractivity contribution in [3.05, 3.63) is 0 Å². The summed E-state index contributed by atoms with van der Waals surface area (Å²) < 4.78 is 0.996. The fourth-order valence-electron chi connectivity index (χ4n) is 0.825. The van der Waals surface area contributed by atoms with Crippen molar-refractivity contribution in [3.63, 3.8) is 0 Å². The molecular formula is C6H6Cl6N4O2. The van der Waals surface area contributed by atoms with Crippen LogP contribution in [0.4, 0.5) is 0 Å². The first-order chi connectivity index (χ1) is 8.00. The van der Waals surface area contributed by atoms with Gasteiger partial charge in [-0.2, -0.15) is 4.99 Å². The molecule has 0 bridgehead atoms. The lowest BCUT2D eigenvalue weighted by molar-refractivity contribution is 0.158. The predicted molar refractivity (Wildman–Crippen MR) is 73.7 cm³/mol. The first-order valence-corrected chi connectivity index (χ1v) is 6.43. The van der Waals surface area contributed by atoms with E-state index in [1.165, 1.54) is 0 Å². The summed E-state index contributed by atoms with van der Waals surface area (Å²) in [5, 5.41) is 11.8. The van der Waals surface area contributed by atoms with Gasteiger partial charge < -0.3 is 20.9 Å². The van der Waals surface area contributed by atoms with Gasteiger partial charge in [0.05, 0.1) is 0 Å². The Labute approximate surface area is 132 Å². The second-order valence-electron chi connectivity index (χ2n) is 3.00. The molecule has 2 atom stereocenters. The maximum absolute atomic E-state index is 9.48. The quantitative estimate of drug-likeness (QED) is 0.478. The van der Waals surface area contributed by atoms with Gasteiger partial charge in [0.2, 0.25) is 19.8 Å². The lowest BCUT2D eigenvalue weighted by atomic mass is 10.6. The molecule has 0 aromatic rings. The van der Waals surface area contributed by atoms with Gasteiger partial charge in [-0.1, -0.05) is 69.6 Å². The topological polar surface area (TPSA) is 92.2 Å². The van der Waals surface area contributed by atoms with Crippen molar-refractivity contribution in [2.45, 2.75) is 20.0 Å². The normalized spacial score (nSPS) is 22.7. The van der Waals surface area contributed by atoms with Crippen LogP contribution in [-0.4, -0.2) is 37.1 Å². The van der Waals surface area contributed by atoms with Gasteiger partial charge in [0.25, 0.3) is 6.02 Å². The van der Waals surface area contributed by atoms with E-state index < -0.39 is 20.0 Å². The van der Waals surface area contributed by atoms with E-state index in [1.807, 2.05) is 0 Å². The molecule has 0 radical (unpaired) electrons. The molecule has 1 aliphatic rings. The van der Waals surface area contributed by atoms with Crippen molar-refractivity contribution in [1.29, 1.82) is 0 Å². The zero-order valence-corrected chi connectivity index (χ0v) is 12.8. The third-order valence-corrected chi connectivity index (χ3v) is 2.72. The van der Waals surface area contributed by atoms with Gasteiger partial charge >= 0.3 is 0 Å². The fraction of sp³-hybridized carbons (Fsp3) is 0.667. The van der Waals surface area contributed by atoms with Gasteiger partial charge in [0.1, 0.15) is 0 Å². The number of amidine groups is 1. The number of aliphatic hydroxyl groups excluding tert-OH is 1. The molecule has 0 aromatic carbocycles. The summed E-state index contributed by atoms with van der Waals surface area (Å²) in [6.07, 6.45) is -2.84. The van der Waals surface area contributed by atoms with Crippen molar-refractivity contribution < 1.29 is 9.84 Å². The molecule has 0 aliphatic carbocycles. The van der Waals surface area contributed by atoms with Gasteiger partial charge in [-0.3, -0.25) is 0 Å². The number of rotatable bonds is 1. The molecule has 0 aromatic heterocycles. The van der Waals surface area contributed by atoms with E-state index in [1.54, 1.807) is 0 Å². The van der Waals surface area contributed by atoms with Crippen LogP contribution < -0.4 is 11.1 Å². The van der Waals surface area contributed by atoms with Gasteiger partial charge in [0, 0.05) is 0 Å².